The van der Waals surface area contributed by atoms with Gasteiger partial charge in [0.05, 0.1) is 11.5 Å². The molecule has 0 aromatic rings. The molecular weight excluding hydrogens is 472 g/mol. The number of epoxide rings is 1. The molecule has 1 N–H and O–H groups in total. The van der Waals surface area contributed by atoms with Crippen LogP contribution in [0.3, 0.4) is 0 Å². The first-order valence-electron chi connectivity index (χ1n) is 12.1. The fourth-order valence-electron chi connectivity index (χ4n) is 6.61. The Labute approximate surface area is 209 Å². The average molecular weight is 507 g/mol. The standard InChI is InChI=1S/C26H34O10/c1-12-10-17(32-14(3)27)22(34-16(5)29)24(6)18(33-15(4)28)9-8-13(2)20(24)21(30)26-19(11-12)35-23(31)25(26,7)36-26/h8,11,17-22,30H,9-10H2,1-7H3/b12-11-/t17?,18-,19-,20+,21-,22-,24-,25-,26-/m0/s1. The van der Waals surface area contributed by atoms with E-state index >= 15 is 0 Å². The molecule has 2 fully saturated rings. The number of aliphatic hydroxyl groups is 1. The van der Waals surface area contributed by atoms with Crippen molar-refractivity contribution in [3.8, 4) is 0 Å². The first-order chi connectivity index (χ1) is 16.7. The highest BCUT2D eigenvalue weighted by molar-refractivity contribution is 5.89. The Balaban J connectivity index is 1.98. The minimum atomic E-state index is -1.39. The van der Waals surface area contributed by atoms with Gasteiger partial charge in [-0.1, -0.05) is 24.1 Å². The minimum absolute atomic E-state index is 0.145. The molecule has 0 saturated carbocycles. The summed E-state index contributed by atoms with van der Waals surface area (Å²) in [5, 5.41) is 12.1. The summed E-state index contributed by atoms with van der Waals surface area (Å²) in [4.78, 5) is 49.5. The number of hydrogen-bond donors (Lipinski definition) is 1. The molecule has 2 heterocycles. The van der Waals surface area contributed by atoms with Crippen LogP contribution in [0, 0.1) is 11.3 Å². The number of carbonyl (C=O) groups excluding carboxylic acids is 4. The predicted octanol–water partition coefficient (Wildman–Crippen LogP) is 1.92. The maximum Gasteiger partial charge on any atom is 0.342 e. The Bertz CT molecular complexity index is 1060. The van der Waals surface area contributed by atoms with E-state index in [1.807, 2.05) is 13.0 Å². The first kappa shape index (κ1) is 26.3. The molecule has 10 nitrogen and oxygen atoms in total. The summed E-state index contributed by atoms with van der Waals surface area (Å²) in [6.45, 7) is 10.7. The molecule has 198 valence electrons. The van der Waals surface area contributed by atoms with E-state index in [4.69, 9.17) is 23.7 Å². The SMILES string of the molecule is CC(=O)OC1C/C(C)=C\[C@@H]2OC(=O)[C@]3(C)O[C@]23[C@@H](O)[C@H]2C(C)=CC[C@H](OC(C)=O)[C@]2(C)[C@H]1OC(C)=O. The first-order valence-corrected chi connectivity index (χ1v) is 12.1. The molecule has 1 spiro atoms. The van der Waals surface area contributed by atoms with E-state index < -0.39 is 76.9 Å². The summed E-state index contributed by atoms with van der Waals surface area (Å²) in [5.74, 6) is -3.16. The summed E-state index contributed by atoms with van der Waals surface area (Å²) in [6.07, 6.45) is -1.16. The van der Waals surface area contributed by atoms with Crippen LogP contribution in [-0.2, 0) is 42.9 Å². The Morgan fingerprint density at radius 3 is 2.19 bits per heavy atom. The number of aliphatic hydroxyl groups excluding tert-OH is 1. The Morgan fingerprint density at radius 2 is 1.64 bits per heavy atom. The van der Waals surface area contributed by atoms with E-state index in [9.17, 15) is 24.3 Å². The van der Waals surface area contributed by atoms with Crippen LogP contribution in [-0.4, -0.2) is 70.7 Å². The van der Waals surface area contributed by atoms with Crippen molar-refractivity contribution in [3.63, 3.8) is 0 Å². The maximum atomic E-state index is 12.8. The summed E-state index contributed by atoms with van der Waals surface area (Å²) in [6, 6.07) is 0. The minimum Gasteiger partial charge on any atom is -0.461 e. The number of ether oxygens (including phenoxy) is 5. The van der Waals surface area contributed by atoms with Gasteiger partial charge in [-0.05, 0) is 26.8 Å². The van der Waals surface area contributed by atoms with Gasteiger partial charge in [0.2, 0.25) is 0 Å². The zero-order valence-corrected chi connectivity index (χ0v) is 21.7. The third-order valence-corrected chi connectivity index (χ3v) is 8.21. The lowest BCUT2D eigenvalue weighted by Crippen LogP contribution is -2.63. The fourth-order valence-corrected chi connectivity index (χ4v) is 6.61. The second kappa shape index (κ2) is 8.69. The van der Waals surface area contributed by atoms with Gasteiger partial charge in [0.1, 0.15) is 18.3 Å². The third-order valence-electron chi connectivity index (χ3n) is 8.21. The molecule has 36 heavy (non-hydrogen) atoms. The van der Waals surface area contributed by atoms with Crippen molar-refractivity contribution >= 4 is 23.9 Å². The van der Waals surface area contributed by atoms with Gasteiger partial charge >= 0.3 is 23.9 Å². The van der Waals surface area contributed by atoms with Gasteiger partial charge in [-0.15, -0.1) is 0 Å². The van der Waals surface area contributed by atoms with Gasteiger partial charge in [-0.25, -0.2) is 4.79 Å². The van der Waals surface area contributed by atoms with Crippen LogP contribution in [0.4, 0.5) is 0 Å². The van der Waals surface area contributed by atoms with Crippen molar-refractivity contribution in [1.82, 2.24) is 0 Å². The van der Waals surface area contributed by atoms with Crippen LogP contribution < -0.4 is 0 Å². The number of carbonyl (C=O) groups is 4. The highest BCUT2D eigenvalue weighted by Crippen LogP contribution is 2.64. The molecule has 2 aliphatic heterocycles. The number of rotatable bonds is 3. The second-order valence-electron chi connectivity index (χ2n) is 10.7. The van der Waals surface area contributed by atoms with Crippen molar-refractivity contribution in [2.24, 2.45) is 11.3 Å². The number of hydrogen-bond acceptors (Lipinski definition) is 10. The van der Waals surface area contributed by atoms with Gasteiger partial charge in [0.15, 0.2) is 17.3 Å². The van der Waals surface area contributed by atoms with Crippen LogP contribution in [0.5, 0.6) is 0 Å². The molecule has 0 aromatic heterocycles. The number of fused-ring (bicyclic) bond motifs is 1. The summed E-state index contributed by atoms with van der Waals surface area (Å²) in [5.41, 5.74) is -2.62. The summed E-state index contributed by atoms with van der Waals surface area (Å²) >= 11 is 0. The van der Waals surface area contributed by atoms with Crippen LogP contribution in [0.15, 0.2) is 23.3 Å². The van der Waals surface area contributed by atoms with Gasteiger partial charge in [-0.3, -0.25) is 14.4 Å². The van der Waals surface area contributed by atoms with Crippen LogP contribution >= 0.6 is 0 Å². The molecule has 0 bridgehead atoms. The van der Waals surface area contributed by atoms with E-state index in [0.717, 1.165) is 5.57 Å². The van der Waals surface area contributed by atoms with Crippen LogP contribution in [0.25, 0.3) is 0 Å². The third kappa shape index (κ3) is 3.76. The van der Waals surface area contributed by atoms with Crippen LogP contribution in [0.1, 0.15) is 61.3 Å². The molecule has 2 aliphatic carbocycles. The monoisotopic (exact) mass is 506 g/mol. The molecule has 9 atom stereocenters. The Morgan fingerprint density at radius 1 is 1.03 bits per heavy atom. The van der Waals surface area contributed by atoms with Gasteiger partial charge in [-0.2, -0.15) is 0 Å². The lowest BCUT2D eigenvalue weighted by atomic mass is 9.56. The van der Waals surface area contributed by atoms with Crippen molar-refractivity contribution in [1.29, 1.82) is 0 Å². The quantitative estimate of drug-likeness (QED) is 0.261. The number of esters is 4. The largest absolute Gasteiger partial charge is 0.461 e. The second-order valence-corrected chi connectivity index (χ2v) is 10.7. The molecule has 0 aromatic carbocycles. The Kier molecular flexibility index (Phi) is 6.36. The molecule has 1 unspecified atom stereocenters. The summed E-state index contributed by atoms with van der Waals surface area (Å²) in [7, 11) is 0. The van der Waals surface area contributed by atoms with E-state index in [2.05, 4.69) is 0 Å². The topological polar surface area (TPSA) is 138 Å². The smallest absolute Gasteiger partial charge is 0.342 e. The lowest BCUT2D eigenvalue weighted by molar-refractivity contribution is -0.210. The maximum absolute atomic E-state index is 12.8. The molecule has 10 heteroatoms. The van der Waals surface area contributed by atoms with Crippen molar-refractivity contribution < 1.29 is 48.0 Å². The highest BCUT2D eigenvalue weighted by atomic mass is 16.7. The molecule has 0 amide bonds. The van der Waals surface area contributed by atoms with Crippen molar-refractivity contribution in [2.45, 2.75) is 103 Å². The zero-order chi connectivity index (χ0) is 26.8. The van der Waals surface area contributed by atoms with Gasteiger partial charge in [0, 0.05) is 39.5 Å². The molecule has 2 saturated heterocycles. The molecular formula is C26H34O10. The van der Waals surface area contributed by atoms with E-state index in [-0.39, 0.29) is 12.8 Å². The lowest BCUT2D eigenvalue weighted by Gasteiger charge is -2.53. The van der Waals surface area contributed by atoms with Crippen LogP contribution in [0.2, 0.25) is 0 Å². The fraction of sp³-hybridized carbons (Fsp3) is 0.692. The van der Waals surface area contributed by atoms with E-state index in [1.165, 1.54) is 20.8 Å². The average Bonchev–Trinajstić information content (AvgIpc) is 3.34. The molecule has 4 rings (SSSR count). The van der Waals surface area contributed by atoms with E-state index in [0.29, 0.717) is 5.57 Å². The van der Waals surface area contributed by atoms with Crippen molar-refractivity contribution in [2.75, 3.05) is 0 Å². The highest BCUT2D eigenvalue weighted by Gasteiger charge is 2.86. The van der Waals surface area contributed by atoms with Gasteiger partial charge < -0.3 is 28.8 Å². The zero-order valence-electron chi connectivity index (χ0n) is 21.7. The summed E-state index contributed by atoms with van der Waals surface area (Å²) < 4.78 is 28.9. The Hall–Kier alpha value is -2.72. The van der Waals surface area contributed by atoms with E-state index in [1.54, 1.807) is 26.8 Å². The van der Waals surface area contributed by atoms with Crippen molar-refractivity contribution in [3.05, 3.63) is 23.3 Å². The molecule has 4 aliphatic rings. The predicted molar refractivity (Wildman–Crippen MR) is 123 cm³/mol. The normalized spacial score (nSPS) is 44.8. The molecule has 0 radical (unpaired) electrons. The van der Waals surface area contributed by atoms with Gasteiger partial charge in [0.25, 0.3) is 0 Å².